The van der Waals surface area contributed by atoms with E-state index < -0.39 is 24.3 Å². The number of anilines is 3. The van der Waals surface area contributed by atoms with E-state index in [0.717, 1.165) is 25.9 Å². The van der Waals surface area contributed by atoms with E-state index in [-0.39, 0.29) is 30.9 Å². The van der Waals surface area contributed by atoms with Gasteiger partial charge in [0.2, 0.25) is 5.95 Å². The number of ether oxygens (including phenoxy) is 1. The highest BCUT2D eigenvalue weighted by molar-refractivity contribution is 5.89. The number of urea groups is 1. The summed E-state index contributed by atoms with van der Waals surface area (Å²) in [5.74, 6) is 0.612. The summed E-state index contributed by atoms with van der Waals surface area (Å²) in [4.78, 5) is 43.5. The summed E-state index contributed by atoms with van der Waals surface area (Å²) in [6.45, 7) is 2.29. The molecule has 3 amide bonds. The highest BCUT2D eigenvalue weighted by Gasteiger charge is 2.35. The van der Waals surface area contributed by atoms with Crippen LogP contribution in [0.4, 0.5) is 31.8 Å². The number of piperidine rings is 2. The van der Waals surface area contributed by atoms with Crippen LogP contribution in [0.3, 0.4) is 0 Å². The van der Waals surface area contributed by atoms with E-state index in [9.17, 15) is 14.0 Å². The Morgan fingerprint density at radius 2 is 1.89 bits per heavy atom. The Morgan fingerprint density at radius 1 is 1.11 bits per heavy atom. The van der Waals surface area contributed by atoms with Gasteiger partial charge in [0.15, 0.2) is 5.58 Å². The van der Waals surface area contributed by atoms with Gasteiger partial charge in [-0.05, 0) is 44.5 Å². The van der Waals surface area contributed by atoms with Crippen LogP contribution in [0.25, 0.3) is 11.1 Å². The zero-order chi connectivity index (χ0) is 26.6. The molecular weight excluding hydrogens is 495 g/mol. The molecule has 2 N–H and O–H groups in total. The van der Waals surface area contributed by atoms with E-state index in [1.807, 2.05) is 13.1 Å². The van der Waals surface area contributed by atoms with Crippen molar-refractivity contribution in [3.63, 3.8) is 0 Å². The lowest BCUT2D eigenvalue weighted by Gasteiger charge is -2.39. The van der Waals surface area contributed by atoms with Gasteiger partial charge in [-0.1, -0.05) is 12.1 Å². The third kappa shape index (κ3) is 5.93. The van der Waals surface area contributed by atoms with Crippen LogP contribution in [-0.2, 0) is 4.74 Å². The van der Waals surface area contributed by atoms with Crippen LogP contribution in [0, 0.1) is 0 Å². The Hall–Kier alpha value is -4.00. The van der Waals surface area contributed by atoms with Gasteiger partial charge in [0.05, 0.1) is 6.04 Å². The number of likely N-dealkylation sites (N-methyl/N-ethyl adjacent to an activating group) is 1. The maximum Gasteiger partial charge on any atom is 0.413 e. The number of likely N-dealkylation sites (tertiary alicyclic amines) is 1. The summed E-state index contributed by atoms with van der Waals surface area (Å²) in [5.41, 5.74) is 1.15. The molecule has 0 saturated carbocycles. The zero-order valence-electron chi connectivity index (χ0n) is 21.3. The predicted octanol–water partition coefficient (Wildman–Crippen LogP) is 3.34. The van der Waals surface area contributed by atoms with Crippen molar-refractivity contribution in [2.45, 2.75) is 37.6 Å². The van der Waals surface area contributed by atoms with Gasteiger partial charge in [0.1, 0.15) is 23.6 Å². The third-order valence-corrected chi connectivity index (χ3v) is 6.92. The minimum atomic E-state index is -1.24. The van der Waals surface area contributed by atoms with E-state index in [2.05, 4.69) is 30.5 Å². The second-order valence-electron chi connectivity index (χ2n) is 9.62. The first-order valence-electron chi connectivity index (χ1n) is 12.6. The van der Waals surface area contributed by atoms with Crippen molar-refractivity contribution < 1.29 is 23.1 Å². The van der Waals surface area contributed by atoms with Crippen LogP contribution in [0.2, 0.25) is 0 Å². The zero-order valence-corrected chi connectivity index (χ0v) is 21.3. The van der Waals surface area contributed by atoms with Gasteiger partial charge in [0, 0.05) is 39.4 Å². The fourth-order valence-electron chi connectivity index (χ4n) is 4.66. The van der Waals surface area contributed by atoms with Crippen LogP contribution in [0.1, 0.15) is 19.3 Å². The van der Waals surface area contributed by atoms with Gasteiger partial charge >= 0.3 is 18.1 Å². The van der Waals surface area contributed by atoms with Gasteiger partial charge < -0.3 is 23.9 Å². The summed E-state index contributed by atoms with van der Waals surface area (Å²) < 4.78 is 26.0. The summed E-state index contributed by atoms with van der Waals surface area (Å²) in [5, 5.41) is 5.26. The molecule has 2 atom stereocenters. The number of amides is 3. The number of carbonyl (C=O) groups excluding carboxylic acids is 2. The quantitative estimate of drug-likeness (QED) is 0.514. The van der Waals surface area contributed by atoms with E-state index in [1.165, 1.54) is 18.1 Å². The second kappa shape index (κ2) is 11.2. The van der Waals surface area contributed by atoms with Gasteiger partial charge in [-0.2, -0.15) is 9.97 Å². The summed E-state index contributed by atoms with van der Waals surface area (Å²) in [7, 11) is 3.56. The van der Waals surface area contributed by atoms with Crippen molar-refractivity contribution in [3.05, 3.63) is 36.5 Å². The molecule has 2 fully saturated rings. The van der Waals surface area contributed by atoms with Gasteiger partial charge in [-0.15, -0.1) is 0 Å². The SMILES string of the molecule is CN1CCC(OC(=O)Nc2ccnc(N3CC[C@@H](F)[C@@H](N(C)C(=O)Nc4nc5ccccc5o4)C3)n2)CC1. The first-order valence-corrected chi connectivity index (χ1v) is 12.6. The Kier molecular flexibility index (Phi) is 7.54. The van der Waals surface area contributed by atoms with Gasteiger partial charge in [-0.3, -0.25) is 10.6 Å². The smallest absolute Gasteiger partial charge is 0.413 e. The topological polar surface area (TPSA) is 129 Å². The summed E-state index contributed by atoms with van der Waals surface area (Å²) in [6, 6.07) is 7.45. The Labute approximate surface area is 219 Å². The number of alkyl halides is 1. The highest BCUT2D eigenvalue weighted by atomic mass is 19.1. The second-order valence-corrected chi connectivity index (χ2v) is 9.62. The molecule has 4 heterocycles. The maximum absolute atomic E-state index is 14.9. The lowest BCUT2D eigenvalue weighted by molar-refractivity contribution is 0.0661. The molecule has 0 aliphatic carbocycles. The molecule has 2 aromatic heterocycles. The third-order valence-electron chi connectivity index (χ3n) is 6.92. The monoisotopic (exact) mass is 526 g/mol. The molecule has 0 radical (unpaired) electrons. The average molecular weight is 527 g/mol. The van der Waals surface area contributed by atoms with Crippen molar-refractivity contribution in [1.82, 2.24) is 24.8 Å². The number of nitrogens with zero attached hydrogens (tertiary/aromatic N) is 6. The van der Waals surface area contributed by atoms with Crippen LogP contribution < -0.4 is 15.5 Å². The standard InChI is InChI=1S/C25H31FN8O4/c1-32-12-8-16(9-13-32)37-25(36)30-21-7-11-27-22(29-21)34-14-10-17(26)19(15-34)33(2)24(35)31-23-28-18-5-3-4-6-20(18)38-23/h3-7,11,16-17,19H,8-10,12-15H2,1-2H3,(H,28,31,35)(H,27,29,30,36)/t17-,19+/m1/s1. The van der Waals surface area contributed by atoms with Gasteiger partial charge in [-0.25, -0.2) is 19.0 Å². The first-order chi connectivity index (χ1) is 18.4. The number of oxazole rings is 1. The molecule has 5 rings (SSSR count). The number of fused-ring (bicyclic) bond motifs is 1. The molecule has 0 spiro atoms. The first kappa shape index (κ1) is 25.6. The van der Waals surface area contributed by atoms with Crippen LogP contribution >= 0.6 is 0 Å². The number of para-hydroxylation sites is 2. The number of hydrogen-bond donors (Lipinski definition) is 2. The molecule has 2 aliphatic rings. The van der Waals surface area contributed by atoms with Crippen molar-refractivity contribution in [3.8, 4) is 0 Å². The number of hydrogen-bond acceptors (Lipinski definition) is 9. The highest BCUT2D eigenvalue weighted by Crippen LogP contribution is 2.24. The fraction of sp³-hybridized carbons (Fsp3) is 0.480. The largest absolute Gasteiger partial charge is 0.446 e. The van der Waals surface area contributed by atoms with Crippen molar-refractivity contribution in [2.75, 3.05) is 55.8 Å². The Balaban J connectivity index is 1.20. The summed E-state index contributed by atoms with van der Waals surface area (Å²) >= 11 is 0. The maximum atomic E-state index is 14.9. The molecule has 13 heteroatoms. The molecule has 3 aromatic rings. The molecule has 1 aromatic carbocycles. The number of nitrogens with one attached hydrogen (secondary N) is 2. The molecule has 12 nitrogen and oxygen atoms in total. The van der Waals surface area contributed by atoms with Crippen molar-refractivity contribution in [2.24, 2.45) is 0 Å². The normalized spacial score (nSPS) is 20.8. The lowest BCUT2D eigenvalue weighted by atomic mass is 10.0. The Morgan fingerprint density at radius 3 is 2.68 bits per heavy atom. The molecule has 0 unspecified atom stereocenters. The Bertz CT molecular complexity index is 1250. The molecule has 38 heavy (non-hydrogen) atoms. The molecular formula is C25H31FN8O4. The predicted molar refractivity (Wildman–Crippen MR) is 139 cm³/mol. The number of halogens is 1. The minimum absolute atomic E-state index is 0.0420. The molecule has 0 bridgehead atoms. The molecule has 2 aliphatic heterocycles. The van der Waals surface area contributed by atoms with Crippen LogP contribution in [0.5, 0.6) is 0 Å². The van der Waals surface area contributed by atoms with E-state index in [4.69, 9.17) is 9.15 Å². The van der Waals surface area contributed by atoms with Crippen LogP contribution in [-0.4, -0.2) is 95.5 Å². The van der Waals surface area contributed by atoms with Crippen molar-refractivity contribution in [1.29, 1.82) is 0 Å². The number of carbonyl (C=O) groups is 2. The minimum Gasteiger partial charge on any atom is -0.446 e. The van der Waals surface area contributed by atoms with E-state index in [0.29, 0.717) is 23.6 Å². The van der Waals surface area contributed by atoms with E-state index in [1.54, 1.807) is 29.2 Å². The fourth-order valence-corrected chi connectivity index (χ4v) is 4.66. The van der Waals surface area contributed by atoms with Gasteiger partial charge in [0.25, 0.3) is 0 Å². The number of benzene rings is 1. The number of rotatable bonds is 5. The van der Waals surface area contributed by atoms with Crippen molar-refractivity contribution >= 4 is 41.0 Å². The molecule has 2 saturated heterocycles. The lowest BCUT2D eigenvalue weighted by Crippen LogP contribution is -2.55. The number of aromatic nitrogens is 3. The van der Waals surface area contributed by atoms with Crippen LogP contribution in [0.15, 0.2) is 40.9 Å². The van der Waals surface area contributed by atoms with E-state index >= 15 is 0 Å². The summed E-state index contributed by atoms with van der Waals surface area (Å²) in [6.07, 6.45) is 1.33. The molecule has 202 valence electrons. The average Bonchev–Trinajstić information content (AvgIpc) is 3.32.